The number of benzene rings is 1. The van der Waals surface area contributed by atoms with Crippen LogP contribution in [0.5, 0.6) is 0 Å². The number of hydrogen-bond acceptors (Lipinski definition) is 3. The van der Waals surface area contributed by atoms with Crippen LogP contribution >= 0.6 is 0 Å². The summed E-state index contributed by atoms with van der Waals surface area (Å²) in [4.78, 5) is 13.0. The zero-order valence-electron chi connectivity index (χ0n) is 19.8. The summed E-state index contributed by atoms with van der Waals surface area (Å²) in [6, 6.07) is 12.6. The molecule has 0 amide bonds. The third-order valence-corrected chi connectivity index (χ3v) is 7.20. The number of alkyl halides is 2. The quantitative estimate of drug-likeness (QED) is 0.442. The molecule has 1 unspecified atom stereocenters. The average molecular weight is 464 g/mol. The minimum absolute atomic E-state index is 0.0583. The Hall–Kier alpha value is -2.77. The molecule has 0 radical (unpaired) electrons. The minimum Gasteiger partial charge on any atom is -0.357 e. The molecule has 7 heteroatoms. The molecule has 4 aromatic rings. The predicted octanol–water partition coefficient (Wildman–Crippen LogP) is 4.91. The molecule has 2 aliphatic heterocycles. The number of fused-ring (bicyclic) bond motifs is 4. The minimum atomic E-state index is -1.29. The van der Waals surface area contributed by atoms with Crippen molar-refractivity contribution < 1.29 is 8.78 Å². The van der Waals surface area contributed by atoms with Gasteiger partial charge in [-0.15, -0.1) is 0 Å². The normalized spacial score (nSPS) is 20.2. The number of nitrogens with one attached hydrogen (secondary N) is 1. The summed E-state index contributed by atoms with van der Waals surface area (Å²) in [6.07, 6.45) is 5.01. The van der Waals surface area contributed by atoms with Crippen molar-refractivity contribution in [2.75, 3.05) is 32.9 Å². The molecule has 2 aliphatic rings. The Morgan fingerprint density at radius 1 is 1.18 bits per heavy atom. The van der Waals surface area contributed by atoms with Gasteiger partial charge in [-0.3, -0.25) is 14.2 Å². The van der Waals surface area contributed by atoms with Crippen LogP contribution in [0.1, 0.15) is 42.4 Å². The summed E-state index contributed by atoms with van der Waals surface area (Å²) in [5.41, 5.74) is 5.32. The number of halogens is 2. The first-order valence-electron chi connectivity index (χ1n) is 12.2. The van der Waals surface area contributed by atoms with Gasteiger partial charge in [-0.1, -0.05) is 18.2 Å². The Kier molecular flexibility index (Phi) is 5.22. The molecule has 0 saturated carbocycles. The Morgan fingerprint density at radius 2 is 2.00 bits per heavy atom. The van der Waals surface area contributed by atoms with Gasteiger partial charge in [-0.25, -0.2) is 9.37 Å². The van der Waals surface area contributed by atoms with Gasteiger partial charge in [0, 0.05) is 67.6 Å². The molecule has 178 valence electrons. The first-order valence-corrected chi connectivity index (χ1v) is 12.2. The van der Waals surface area contributed by atoms with Crippen molar-refractivity contribution in [2.45, 2.75) is 38.5 Å². The van der Waals surface area contributed by atoms with Crippen molar-refractivity contribution in [1.82, 2.24) is 24.2 Å². The number of rotatable bonds is 6. The fourth-order valence-corrected chi connectivity index (χ4v) is 5.75. The second-order valence-electron chi connectivity index (χ2n) is 10.6. The van der Waals surface area contributed by atoms with E-state index in [1.807, 2.05) is 10.5 Å². The van der Waals surface area contributed by atoms with Gasteiger partial charge < -0.3 is 9.38 Å². The van der Waals surface area contributed by atoms with Crippen LogP contribution in [-0.4, -0.2) is 62.7 Å². The van der Waals surface area contributed by atoms with Gasteiger partial charge in [-0.05, 0) is 49.6 Å². The molecule has 0 aliphatic carbocycles. The van der Waals surface area contributed by atoms with E-state index in [-0.39, 0.29) is 18.6 Å². The highest BCUT2D eigenvalue weighted by Gasteiger charge is 2.35. The lowest BCUT2D eigenvalue weighted by atomic mass is 9.91. The van der Waals surface area contributed by atoms with Gasteiger partial charge in [-0.2, -0.15) is 0 Å². The standard InChI is InChI=1S/C27H31F2N5/c1-27(2,29)17-34-10-8-22-21-5-3-4-6-23(21)31-25(22)26(34)19-7-9-33-16-20(30-24(33)11-19)15-32-13-18(12-28)14-32/h3-7,9,11,16,18,26,31H,8,10,12-15,17H2,1-2H3. The second-order valence-corrected chi connectivity index (χ2v) is 10.6. The van der Waals surface area contributed by atoms with E-state index in [0.29, 0.717) is 6.54 Å². The molecular weight excluding hydrogens is 432 g/mol. The fraction of sp³-hybridized carbons (Fsp3) is 0.444. The predicted molar refractivity (Wildman–Crippen MR) is 131 cm³/mol. The summed E-state index contributed by atoms with van der Waals surface area (Å²) in [6.45, 7) is 6.57. The maximum Gasteiger partial charge on any atom is 0.137 e. The van der Waals surface area contributed by atoms with Gasteiger partial charge in [0.1, 0.15) is 11.3 Å². The monoisotopic (exact) mass is 463 g/mol. The number of aromatic nitrogens is 3. The van der Waals surface area contributed by atoms with Crippen LogP contribution < -0.4 is 0 Å². The lowest BCUT2D eigenvalue weighted by Gasteiger charge is -2.38. The third-order valence-electron chi connectivity index (χ3n) is 7.20. The molecule has 1 atom stereocenters. The van der Waals surface area contributed by atoms with E-state index >= 15 is 0 Å². The molecule has 1 aromatic carbocycles. The van der Waals surface area contributed by atoms with Crippen molar-refractivity contribution in [3.63, 3.8) is 0 Å². The van der Waals surface area contributed by atoms with E-state index < -0.39 is 5.67 Å². The molecule has 1 fully saturated rings. The Balaban J connectivity index is 1.37. The maximum atomic E-state index is 14.8. The van der Waals surface area contributed by atoms with Gasteiger partial charge in [0.2, 0.25) is 0 Å². The first-order chi connectivity index (χ1) is 16.4. The Bertz CT molecular complexity index is 1330. The largest absolute Gasteiger partial charge is 0.357 e. The summed E-state index contributed by atoms with van der Waals surface area (Å²) in [7, 11) is 0. The van der Waals surface area contributed by atoms with Crippen LogP contribution in [0.4, 0.5) is 8.78 Å². The van der Waals surface area contributed by atoms with Gasteiger partial charge >= 0.3 is 0 Å². The highest BCUT2D eigenvalue weighted by atomic mass is 19.1. The maximum absolute atomic E-state index is 14.8. The van der Waals surface area contributed by atoms with E-state index in [2.05, 4.69) is 57.5 Å². The highest BCUT2D eigenvalue weighted by Crippen LogP contribution is 2.39. The van der Waals surface area contributed by atoms with Gasteiger partial charge in [0.25, 0.3) is 0 Å². The lowest BCUT2D eigenvalue weighted by molar-refractivity contribution is 0.0727. The summed E-state index contributed by atoms with van der Waals surface area (Å²) in [5.74, 6) is 0.172. The second kappa shape index (κ2) is 8.17. The first kappa shape index (κ1) is 21.7. The number of H-pyrrole nitrogens is 1. The molecule has 1 saturated heterocycles. The third kappa shape index (κ3) is 3.91. The van der Waals surface area contributed by atoms with Crippen molar-refractivity contribution in [3.8, 4) is 0 Å². The smallest absolute Gasteiger partial charge is 0.137 e. The zero-order chi connectivity index (χ0) is 23.4. The Labute approximate surface area is 198 Å². The number of pyridine rings is 1. The van der Waals surface area contributed by atoms with Gasteiger partial charge in [0.05, 0.1) is 18.4 Å². The van der Waals surface area contributed by atoms with Crippen molar-refractivity contribution >= 4 is 16.6 Å². The lowest BCUT2D eigenvalue weighted by Crippen LogP contribution is -2.46. The number of nitrogens with zero attached hydrogens (tertiary/aromatic N) is 4. The van der Waals surface area contributed by atoms with E-state index in [9.17, 15) is 8.78 Å². The molecule has 34 heavy (non-hydrogen) atoms. The van der Waals surface area contributed by atoms with E-state index in [1.165, 1.54) is 10.9 Å². The number of aromatic amines is 1. The van der Waals surface area contributed by atoms with E-state index in [4.69, 9.17) is 4.98 Å². The van der Waals surface area contributed by atoms with E-state index in [0.717, 1.165) is 60.7 Å². The topological polar surface area (TPSA) is 39.6 Å². The number of hydrogen-bond donors (Lipinski definition) is 1. The molecule has 1 N–H and O–H groups in total. The average Bonchev–Trinajstić information content (AvgIpc) is 3.34. The summed E-state index contributed by atoms with van der Waals surface area (Å²) >= 11 is 0. The van der Waals surface area contributed by atoms with Gasteiger partial charge in [0.15, 0.2) is 0 Å². The van der Waals surface area contributed by atoms with Crippen LogP contribution in [-0.2, 0) is 13.0 Å². The molecule has 0 spiro atoms. The number of imidazole rings is 1. The van der Waals surface area contributed by atoms with E-state index in [1.54, 1.807) is 13.8 Å². The SMILES string of the molecule is CC(C)(F)CN1CCc2c([nH]c3ccccc23)C1c1ccn2cc(CN3CC(CF)C3)nc2c1. The number of likely N-dealkylation sites (tertiary alicyclic amines) is 1. The van der Waals surface area contributed by atoms with Crippen molar-refractivity contribution in [3.05, 3.63) is 71.3 Å². The van der Waals surface area contributed by atoms with Crippen LogP contribution in [0.3, 0.4) is 0 Å². The zero-order valence-corrected chi connectivity index (χ0v) is 19.8. The highest BCUT2D eigenvalue weighted by molar-refractivity contribution is 5.85. The number of para-hydroxylation sites is 1. The molecule has 0 bridgehead atoms. The van der Waals surface area contributed by atoms with Crippen LogP contribution in [0, 0.1) is 5.92 Å². The van der Waals surface area contributed by atoms with Crippen LogP contribution in [0.15, 0.2) is 48.8 Å². The Morgan fingerprint density at radius 3 is 2.79 bits per heavy atom. The molecule has 5 nitrogen and oxygen atoms in total. The molecule has 6 rings (SSSR count). The summed E-state index contributed by atoms with van der Waals surface area (Å²) < 4.78 is 29.6. The fourth-order valence-electron chi connectivity index (χ4n) is 5.75. The molecular formula is C27H31F2N5. The van der Waals surface area contributed by atoms with Crippen LogP contribution in [0.25, 0.3) is 16.6 Å². The summed E-state index contributed by atoms with van der Waals surface area (Å²) in [5, 5.41) is 1.26. The van der Waals surface area contributed by atoms with Crippen molar-refractivity contribution in [2.24, 2.45) is 5.92 Å². The van der Waals surface area contributed by atoms with Crippen LogP contribution in [0.2, 0.25) is 0 Å². The molecule has 5 heterocycles. The van der Waals surface area contributed by atoms with Crippen molar-refractivity contribution in [1.29, 1.82) is 0 Å². The molecule has 3 aromatic heterocycles.